The first-order valence-corrected chi connectivity index (χ1v) is 14.3. The second-order valence-corrected chi connectivity index (χ2v) is 12.2. The summed E-state index contributed by atoms with van der Waals surface area (Å²) in [6, 6.07) is 11.8. The molecule has 2 aromatic heterocycles. The van der Waals surface area contributed by atoms with Crippen LogP contribution in [0.5, 0.6) is 0 Å². The topological polar surface area (TPSA) is 100 Å². The van der Waals surface area contributed by atoms with E-state index in [4.69, 9.17) is 9.17 Å². The molecule has 6 rings (SSSR count). The summed E-state index contributed by atoms with van der Waals surface area (Å²) in [6.45, 7) is 12.0. The van der Waals surface area contributed by atoms with Crippen molar-refractivity contribution in [3.05, 3.63) is 80.9 Å². The van der Waals surface area contributed by atoms with E-state index in [0.29, 0.717) is 50.4 Å². The molecule has 0 saturated carbocycles. The standard InChI is InChI=1S/C32H34BFN4O4/c1-18-14-23(30-24(15-18)29(39)19(2)31(41-30)38-12-10-32(4,5)11-13-38)20(3)36-26-8-9-27(34)37-28(26)21-6-7-25-22(16-21)17-35-42-33(25)40/h6-9,14-17,20,36,40H,10-13H2,1-5H3. The van der Waals surface area contributed by atoms with E-state index in [2.05, 4.69) is 34.2 Å². The van der Waals surface area contributed by atoms with Gasteiger partial charge >= 0.3 is 7.12 Å². The van der Waals surface area contributed by atoms with Crippen LogP contribution < -0.4 is 21.1 Å². The summed E-state index contributed by atoms with van der Waals surface area (Å²) in [6.07, 6.45) is 3.55. The Balaban J connectivity index is 1.40. The van der Waals surface area contributed by atoms with Gasteiger partial charge in [0.15, 0.2) is 5.43 Å². The number of hydrogen-bond donors (Lipinski definition) is 2. The fraction of sp³-hybridized carbons (Fsp3) is 0.344. The number of pyridine rings is 1. The lowest BCUT2D eigenvalue weighted by Gasteiger charge is -2.37. The van der Waals surface area contributed by atoms with Gasteiger partial charge in [-0.15, -0.1) is 5.16 Å². The van der Waals surface area contributed by atoms with Crippen LogP contribution in [0.2, 0.25) is 0 Å². The van der Waals surface area contributed by atoms with Gasteiger partial charge in [-0.1, -0.05) is 32.0 Å². The molecule has 2 aliphatic heterocycles. The minimum absolute atomic E-state index is 0.0285. The molecule has 0 radical (unpaired) electrons. The SMILES string of the molecule is Cc1cc(C(C)Nc2ccc(F)nc2-c2ccc3c(c2)C=NOB3O)c2oc(N3CCC(C)(C)CC3)c(C)c(=O)c2c1. The molecule has 10 heteroatoms. The number of piperidine rings is 1. The van der Waals surface area contributed by atoms with Crippen LogP contribution in [-0.4, -0.2) is 36.4 Å². The van der Waals surface area contributed by atoms with E-state index in [9.17, 15) is 14.2 Å². The molecular formula is C32H34BFN4O4. The number of oxime groups is 1. The predicted octanol–water partition coefficient (Wildman–Crippen LogP) is 5.46. The number of hydrogen-bond acceptors (Lipinski definition) is 8. The van der Waals surface area contributed by atoms with Crippen molar-refractivity contribution >= 4 is 41.3 Å². The maximum atomic E-state index is 14.4. The van der Waals surface area contributed by atoms with E-state index in [1.165, 1.54) is 12.3 Å². The van der Waals surface area contributed by atoms with Gasteiger partial charge in [0.05, 0.1) is 34.6 Å². The molecule has 1 unspecified atom stereocenters. The molecule has 42 heavy (non-hydrogen) atoms. The second kappa shape index (κ2) is 10.6. The van der Waals surface area contributed by atoms with Crippen molar-refractivity contribution in [2.24, 2.45) is 10.6 Å². The average molecular weight is 568 g/mol. The molecule has 2 N–H and O–H groups in total. The lowest BCUT2D eigenvalue weighted by atomic mass is 9.75. The van der Waals surface area contributed by atoms with Crippen LogP contribution in [-0.2, 0) is 4.76 Å². The van der Waals surface area contributed by atoms with E-state index in [1.54, 1.807) is 24.3 Å². The molecule has 1 fully saturated rings. The van der Waals surface area contributed by atoms with E-state index in [-0.39, 0.29) is 16.9 Å². The van der Waals surface area contributed by atoms with Gasteiger partial charge in [0, 0.05) is 29.7 Å². The first-order valence-electron chi connectivity index (χ1n) is 14.3. The van der Waals surface area contributed by atoms with Crippen LogP contribution >= 0.6 is 0 Å². The number of benzene rings is 2. The van der Waals surface area contributed by atoms with E-state index in [1.807, 2.05) is 32.9 Å². The Kier molecular flexibility index (Phi) is 7.05. The van der Waals surface area contributed by atoms with Gasteiger partial charge in [-0.25, -0.2) is 4.98 Å². The number of nitrogens with zero attached hydrogens (tertiary/aromatic N) is 3. The highest BCUT2D eigenvalue weighted by atomic mass is 19.1. The Morgan fingerprint density at radius 3 is 2.64 bits per heavy atom. The van der Waals surface area contributed by atoms with Crippen LogP contribution in [0.25, 0.3) is 22.2 Å². The van der Waals surface area contributed by atoms with Gasteiger partial charge in [-0.05, 0) is 74.4 Å². The quantitative estimate of drug-likeness (QED) is 0.244. The Bertz CT molecular complexity index is 1780. The van der Waals surface area contributed by atoms with Crippen molar-refractivity contribution in [1.29, 1.82) is 0 Å². The van der Waals surface area contributed by atoms with Crippen molar-refractivity contribution in [1.82, 2.24) is 4.98 Å². The molecule has 0 aliphatic carbocycles. The van der Waals surface area contributed by atoms with E-state index in [0.717, 1.165) is 37.1 Å². The summed E-state index contributed by atoms with van der Waals surface area (Å²) in [5, 5.41) is 17.9. The third-order valence-electron chi connectivity index (χ3n) is 8.45. The number of fused-ring (bicyclic) bond motifs is 2. The lowest BCUT2D eigenvalue weighted by molar-refractivity contribution is 0.274. The zero-order valence-electron chi connectivity index (χ0n) is 24.5. The number of aromatic nitrogens is 1. The predicted molar refractivity (Wildman–Crippen MR) is 165 cm³/mol. The molecular weight excluding hydrogens is 534 g/mol. The summed E-state index contributed by atoms with van der Waals surface area (Å²) < 4.78 is 25.9. The summed E-state index contributed by atoms with van der Waals surface area (Å²) in [5.41, 5.74) is 6.06. The maximum Gasteiger partial charge on any atom is 0.583 e. The van der Waals surface area contributed by atoms with Crippen LogP contribution in [0.1, 0.15) is 61.9 Å². The van der Waals surface area contributed by atoms with E-state index < -0.39 is 13.1 Å². The molecule has 2 aliphatic rings. The minimum atomic E-state index is -1.16. The fourth-order valence-corrected chi connectivity index (χ4v) is 5.84. The molecule has 0 bridgehead atoms. The van der Waals surface area contributed by atoms with Gasteiger partial charge in [0.25, 0.3) is 0 Å². The fourth-order valence-electron chi connectivity index (χ4n) is 5.84. The summed E-state index contributed by atoms with van der Waals surface area (Å²) in [7, 11) is -1.16. The zero-order chi connectivity index (χ0) is 29.8. The smallest absolute Gasteiger partial charge is 0.440 e. The lowest BCUT2D eigenvalue weighted by Crippen LogP contribution is -2.38. The maximum absolute atomic E-state index is 14.4. The number of aryl methyl sites for hydroxylation is 1. The average Bonchev–Trinajstić information content (AvgIpc) is 2.96. The Labute approximate surface area is 244 Å². The van der Waals surface area contributed by atoms with Crippen molar-refractivity contribution in [2.75, 3.05) is 23.3 Å². The summed E-state index contributed by atoms with van der Waals surface area (Å²) in [5.74, 6) is 0.0149. The Hall–Kier alpha value is -4.18. The molecule has 1 saturated heterocycles. The first kappa shape index (κ1) is 28.0. The van der Waals surface area contributed by atoms with Gasteiger partial charge < -0.3 is 24.4 Å². The number of nitrogens with one attached hydrogen (secondary N) is 1. The molecule has 0 amide bonds. The molecule has 4 aromatic rings. The minimum Gasteiger partial charge on any atom is -0.440 e. The largest absolute Gasteiger partial charge is 0.583 e. The molecule has 216 valence electrons. The van der Waals surface area contributed by atoms with Crippen molar-refractivity contribution in [3.63, 3.8) is 0 Å². The normalized spacial score (nSPS) is 16.7. The van der Waals surface area contributed by atoms with Crippen molar-refractivity contribution in [3.8, 4) is 11.3 Å². The molecule has 8 nitrogen and oxygen atoms in total. The van der Waals surface area contributed by atoms with Crippen LogP contribution in [0.4, 0.5) is 16.0 Å². The molecule has 0 spiro atoms. The monoisotopic (exact) mass is 568 g/mol. The van der Waals surface area contributed by atoms with Crippen LogP contribution in [0, 0.1) is 25.2 Å². The number of halogens is 1. The Morgan fingerprint density at radius 2 is 1.88 bits per heavy atom. The number of rotatable bonds is 5. The summed E-state index contributed by atoms with van der Waals surface area (Å²) in [4.78, 5) is 20.0. The molecule has 4 heterocycles. The highest BCUT2D eigenvalue weighted by molar-refractivity contribution is 6.62. The van der Waals surface area contributed by atoms with Gasteiger partial charge in [-0.3, -0.25) is 4.79 Å². The van der Waals surface area contributed by atoms with Crippen molar-refractivity contribution in [2.45, 2.75) is 53.5 Å². The van der Waals surface area contributed by atoms with Crippen molar-refractivity contribution < 1.29 is 18.6 Å². The number of anilines is 2. The van der Waals surface area contributed by atoms with Gasteiger partial charge in [0.2, 0.25) is 11.8 Å². The summed E-state index contributed by atoms with van der Waals surface area (Å²) >= 11 is 0. The molecule has 1 atom stereocenters. The molecule has 2 aromatic carbocycles. The van der Waals surface area contributed by atoms with Crippen LogP contribution in [0.15, 0.2) is 56.8 Å². The second-order valence-electron chi connectivity index (χ2n) is 12.2. The van der Waals surface area contributed by atoms with Crippen LogP contribution in [0.3, 0.4) is 0 Å². The van der Waals surface area contributed by atoms with Gasteiger partial charge in [-0.2, -0.15) is 4.39 Å². The van der Waals surface area contributed by atoms with E-state index >= 15 is 0 Å². The Morgan fingerprint density at radius 1 is 1.12 bits per heavy atom. The first-order chi connectivity index (χ1) is 20.0. The van der Waals surface area contributed by atoms with Gasteiger partial charge in [0.1, 0.15) is 5.58 Å². The highest BCUT2D eigenvalue weighted by Gasteiger charge is 2.29. The highest BCUT2D eigenvalue weighted by Crippen LogP contribution is 2.37. The third kappa shape index (κ3) is 5.15. The zero-order valence-corrected chi connectivity index (χ0v) is 24.5. The third-order valence-corrected chi connectivity index (χ3v) is 8.45.